The Hall–Kier alpha value is -2.06. The summed E-state index contributed by atoms with van der Waals surface area (Å²) >= 11 is 0. The molecule has 1 saturated heterocycles. The molecule has 2 amide bonds. The number of hydrogen-bond acceptors (Lipinski definition) is 3. The van der Waals surface area contributed by atoms with Crippen LogP contribution in [0.2, 0.25) is 0 Å². The maximum atomic E-state index is 12.2. The van der Waals surface area contributed by atoms with Crippen molar-refractivity contribution in [2.75, 3.05) is 38.0 Å². The number of nitrogens with zero attached hydrogens (tertiary/aromatic N) is 3. The summed E-state index contributed by atoms with van der Waals surface area (Å²) in [4.78, 5) is 16.4. The van der Waals surface area contributed by atoms with E-state index in [1.165, 1.54) is 0 Å². The molecule has 0 spiro atoms. The van der Waals surface area contributed by atoms with Crippen molar-refractivity contribution in [3.63, 3.8) is 0 Å². The molecule has 5 heteroatoms. The summed E-state index contributed by atoms with van der Waals surface area (Å²) in [5.74, 6) is 0. The standard InChI is InChI=1S/C16H22N4O/c1-14-5-4-6-15(13-14)18-16(21)20-11-9-19(10-12-20)8-3-2-7-17/h4-6,13H,2-3,8-12H2,1H3,(H,18,21). The average Bonchev–Trinajstić information content (AvgIpc) is 2.48. The van der Waals surface area contributed by atoms with Gasteiger partial charge in [-0.05, 0) is 37.6 Å². The average molecular weight is 286 g/mol. The molecule has 1 N–H and O–H groups in total. The molecular formula is C16H22N4O. The zero-order chi connectivity index (χ0) is 15.1. The van der Waals surface area contributed by atoms with Crippen molar-refractivity contribution in [1.29, 1.82) is 5.26 Å². The Morgan fingerprint density at radius 1 is 1.33 bits per heavy atom. The lowest BCUT2D eigenvalue weighted by atomic mass is 10.2. The highest BCUT2D eigenvalue weighted by molar-refractivity contribution is 5.89. The number of anilines is 1. The normalized spacial score (nSPS) is 15.5. The number of rotatable bonds is 4. The quantitative estimate of drug-likeness (QED) is 0.865. The van der Waals surface area contributed by atoms with E-state index in [1.54, 1.807) is 0 Å². The summed E-state index contributed by atoms with van der Waals surface area (Å²) in [6.07, 6.45) is 1.51. The molecule has 1 heterocycles. The fourth-order valence-corrected chi connectivity index (χ4v) is 2.48. The van der Waals surface area contributed by atoms with Gasteiger partial charge in [0.25, 0.3) is 0 Å². The van der Waals surface area contributed by atoms with Crippen LogP contribution in [0.1, 0.15) is 18.4 Å². The molecular weight excluding hydrogens is 264 g/mol. The summed E-state index contributed by atoms with van der Waals surface area (Å²) < 4.78 is 0. The summed E-state index contributed by atoms with van der Waals surface area (Å²) in [5.41, 5.74) is 1.98. The number of carbonyl (C=O) groups excluding carboxylic acids is 1. The lowest BCUT2D eigenvalue weighted by Crippen LogP contribution is -2.50. The second-order valence-electron chi connectivity index (χ2n) is 5.39. The van der Waals surface area contributed by atoms with Gasteiger partial charge >= 0.3 is 6.03 Å². The third-order valence-corrected chi connectivity index (χ3v) is 3.69. The van der Waals surface area contributed by atoms with E-state index in [0.717, 1.165) is 50.4 Å². The van der Waals surface area contributed by atoms with Gasteiger partial charge in [-0.15, -0.1) is 0 Å². The number of amides is 2. The Morgan fingerprint density at radius 2 is 2.10 bits per heavy atom. The molecule has 1 aliphatic rings. The number of urea groups is 1. The summed E-state index contributed by atoms with van der Waals surface area (Å²) in [5, 5.41) is 11.5. The van der Waals surface area contributed by atoms with Crippen molar-refractivity contribution in [3.8, 4) is 6.07 Å². The zero-order valence-corrected chi connectivity index (χ0v) is 12.5. The van der Waals surface area contributed by atoms with Gasteiger partial charge < -0.3 is 10.2 Å². The van der Waals surface area contributed by atoms with Crippen LogP contribution < -0.4 is 5.32 Å². The van der Waals surface area contributed by atoms with Gasteiger partial charge in [-0.25, -0.2) is 4.79 Å². The van der Waals surface area contributed by atoms with Crippen LogP contribution in [0.3, 0.4) is 0 Å². The van der Waals surface area contributed by atoms with Crippen LogP contribution in [0.25, 0.3) is 0 Å². The molecule has 2 rings (SSSR count). The van der Waals surface area contributed by atoms with E-state index in [-0.39, 0.29) is 6.03 Å². The molecule has 21 heavy (non-hydrogen) atoms. The number of nitrogens with one attached hydrogen (secondary N) is 1. The third-order valence-electron chi connectivity index (χ3n) is 3.69. The van der Waals surface area contributed by atoms with Crippen LogP contribution in [0, 0.1) is 18.3 Å². The lowest BCUT2D eigenvalue weighted by molar-refractivity contribution is 0.147. The maximum absolute atomic E-state index is 12.2. The van der Waals surface area contributed by atoms with E-state index in [0.29, 0.717) is 6.42 Å². The fourth-order valence-electron chi connectivity index (χ4n) is 2.48. The van der Waals surface area contributed by atoms with Crippen LogP contribution in [-0.2, 0) is 0 Å². The Labute approximate surface area is 126 Å². The minimum Gasteiger partial charge on any atom is -0.322 e. The second kappa shape index (κ2) is 7.65. The van der Waals surface area contributed by atoms with Gasteiger partial charge in [0, 0.05) is 38.3 Å². The largest absolute Gasteiger partial charge is 0.322 e. The number of nitriles is 1. The Morgan fingerprint density at radius 3 is 2.76 bits per heavy atom. The smallest absolute Gasteiger partial charge is 0.321 e. The third kappa shape index (κ3) is 4.76. The molecule has 0 aromatic heterocycles. The van der Waals surface area contributed by atoms with Gasteiger partial charge in [0.2, 0.25) is 0 Å². The lowest BCUT2D eigenvalue weighted by Gasteiger charge is -2.34. The van der Waals surface area contributed by atoms with E-state index in [1.807, 2.05) is 36.1 Å². The molecule has 0 bridgehead atoms. The van der Waals surface area contributed by atoms with Crippen LogP contribution in [0.15, 0.2) is 24.3 Å². The second-order valence-corrected chi connectivity index (χ2v) is 5.39. The molecule has 1 aliphatic heterocycles. The van der Waals surface area contributed by atoms with Gasteiger partial charge in [0.05, 0.1) is 6.07 Å². The highest BCUT2D eigenvalue weighted by Gasteiger charge is 2.20. The van der Waals surface area contributed by atoms with Crippen LogP contribution in [0.5, 0.6) is 0 Å². The van der Waals surface area contributed by atoms with Crippen molar-refractivity contribution in [1.82, 2.24) is 9.80 Å². The van der Waals surface area contributed by atoms with E-state index in [2.05, 4.69) is 16.3 Å². The predicted molar refractivity (Wildman–Crippen MR) is 83.1 cm³/mol. The Balaban J connectivity index is 1.77. The minimum atomic E-state index is -0.0303. The summed E-state index contributed by atoms with van der Waals surface area (Å²) in [7, 11) is 0. The topological polar surface area (TPSA) is 59.4 Å². The van der Waals surface area contributed by atoms with Crippen molar-refractivity contribution in [3.05, 3.63) is 29.8 Å². The highest BCUT2D eigenvalue weighted by atomic mass is 16.2. The molecule has 5 nitrogen and oxygen atoms in total. The maximum Gasteiger partial charge on any atom is 0.321 e. The molecule has 0 radical (unpaired) electrons. The molecule has 0 saturated carbocycles. The molecule has 1 fully saturated rings. The first kappa shape index (κ1) is 15.3. The molecule has 1 aromatic carbocycles. The van der Waals surface area contributed by atoms with Gasteiger partial charge in [0.15, 0.2) is 0 Å². The molecule has 1 aromatic rings. The fraction of sp³-hybridized carbons (Fsp3) is 0.500. The predicted octanol–water partition coefficient (Wildman–Crippen LogP) is 2.45. The van der Waals surface area contributed by atoms with Gasteiger partial charge in [-0.3, -0.25) is 4.90 Å². The highest BCUT2D eigenvalue weighted by Crippen LogP contribution is 2.11. The number of benzene rings is 1. The number of carbonyl (C=O) groups is 1. The first-order valence-corrected chi connectivity index (χ1v) is 7.41. The van der Waals surface area contributed by atoms with Gasteiger partial charge in [0.1, 0.15) is 0 Å². The van der Waals surface area contributed by atoms with Crippen molar-refractivity contribution in [2.45, 2.75) is 19.8 Å². The van der Waals surface area contributed by atoms with E-state index in [4.69, 9.17) is 5.26 Å². The van der Waals surface area contributed by atoms with Crippen molar-refractivity contribution < 1.29 is 4.79 Å². The van der Waals surface area contributed by atoms with Crippen LogP contribution >= 0.6 is 0 Å². The van der Waals surface area contributed by atoms with Crippen LogP contribution in [0.4, 0.5) is 10.5 Å². The van der Waals surface area contributed by atoms with Gasteiger partial charge in [-0.2, -0.15) is 5.26 Å². The summed E-state index contributed by atoms with van der Waals surface area (Å²) in [6.45, 7) is 6.20. The SMILES string of the molecule is Cc1cccc(NC(=O)N2CCN(CCCC#N)CC2)c1. The molecule has 0 unspecified atom stereocenters. The number of hydrogen-bond donors (Lipinski definition) is 1. The number of unbranched alkanes of at least 4 members (excludes halogenated alkanes) is 1. The Bertz CT molecular complexity index is 515. The monoisotopic (exact) mass is 286 g/mol. The van der Waals surface area contributed by atoms with Crippen molar-refractivity contribution in [2.24, 2.45) is 0 Å². The van der Waals surface area contributed by atoms with E-state index in [9.17, 15) is 4.79 Å². The molecule has 112 valence electrons. The number of piperazine rings is 1. The molecule has 0 aliphatic carbocycles. The number of aryl methyl sites for hydroxylation is 1. The van der Waals surface area contributed by atoms with Gasteiger partial charge in [-0.1, -0.05) is 12.1 Å². The first-order chi connectivity index (χ1) is 10.2. The zero-order valence-electron chi connectivity index (χ0n) is 12.5. The minimum absolute atomic E-state index is 0.0303. The van der Waals surface area contributed by atoms with Crippen molar-refractivity contribution >= 4 is 11.7 Å². The summed E-state index contributed by atoms with van der Waals surface area (Å²) in [6, 6.07) is 9.96. The van der Waals surface area contributed by atoms with E-state index >= 15 is 0 Å². The van der Waals surface area contributed by atoms with Crippen LogP contribution in [-0.4, -0.2) is 48.6 Å². The molecule has 0 atom stereocenters. The van der Waals surface area contributed by atoms with E-state index < -0.39 is 0 Å². The first-order valence-electron chi connectivity index (χ1n) is 7.41. The Kier molecular flexibility index (Phi) is 5.59.